The van der Waals surface area contributed by atoms with Crippen LogP contribution in [-0.2, 0) is 10.0 Å². The highest BCUT2D eigenvalue weighted by molar-refractivity contribution is 7.88. The Kier molecular flexibility index (Phi) is 4.34. The van der Waals surface area contributed by atoms with Crippen LogP contribution in [0.25, 0.3) is 10.9 Å². The lowest BCUT2D eigenvalue weighted by molar-refractivity contribution is -0.382. The SMILES string of the molecule is CS(=O)(=O)NCCNc1ccc2ncccc2c1[N+](=O)[O-]. The van der Waals surface area contributed by atoms with Gasteiger partial charge in [-0.1, -0.05) is 0 Å². The van der Waals surface area contributed by atoms with E-state index in [9.17, 15) is 18.5 Å². The summed E-state index contributed by atoms with van der Waals surface area (Å²) in [5.41, 5.74) is 0.791. The van der Waals surface area contributed by atoms with Crippen LogP contribution in [0.3, 0.4) is 0 Å². The number of sulfonamides is 1. The Morgan fingerprint density at radius 1 is 1.29 bits per heavy atom. The molecule has 0 fully saturated rings. The first kappa shape index (κ1) is 15.1. The maximum Gasteiger partial charge on any atom is 0.301 e. The summed E-state index contributed by atoms with van der Waals surface area (Å²) in [5, 5.41) is 14.6. The zero-order valence-electron chi connectivity index (χ0n) is 11.2. The minimum atomic E-state index is -3.27. The van der Waals surface area contributed by atoms with E-state index in [2.05, 4.69) is 15.0 Å². The van der Waals surface area contributed by atoms with Crippen molar-refractivity contribution in [1.29, 1.82) is 0 Å². The van der Waals surface area contributed by atoms with E-state index in [4.69, 9.17) is 0 Å². The molecule has 0 saturated carbocycles. The van der Waals surface area contributed by atoms with Gasteiger partial charge in [0.05, 0.1) is 22.1 Å². The molecule has 8 nitrogen and oxygen atoms in total. The van der Waals surface area contributed by atoms with Crippen LogP contribution in [0.4, 0.5) is 11.4 Å². The molecule has 2 rings (SSSR count). The van der Waals surface area contributed by atoms with Gasteiger partial charge in [0.1, 0.15) is 5.69 Å². The minimum absolute atomic E-state index is 0.0695. The second-order valence-corrected chi connectivity index (χ2v) is 6.22. The number of benzene rings is 1. The molecule has 0 saturated heterocycles. The maximum absolute atomic E-state index is 11.3. The zero-order chi connectivity index (χ0) is 15.5. The largest absolute Gasteiger partial charge is 0.378 e. The standard InChI is InChI=1S/C12H14N4O4S/c1-21(19,20)15-8-7-14-11-5-4-10-9(3-2-6-13-10)12(11)16(17)18/h2-6,14-15H,7-8H2,1H3. The predicted octanol–water partition coefficient (Wildman–Crippen LogP) is 1.10. The third-order valence-corrected chi connectivity index (χ3v) is 3.47. The summed E-state index contributed by atoms with van der Waals surface area (Å²) in [5.74, 6) is 0. The van der Waals surface area contributed by atoms with E-state index in [1.807, 2.05) is 0 Å². The first-order valence-electron chi connectivity index (χ1n) is 6.09. The highest BCUT2D eigenvalue weighted by Crippen LogP contribution is 2.32. The molecule has 0 bridgehead atoms. The number of fused-ring (bicyclic) bond motifs is 1. The van der Waals surface area contributed by atoms with Crippen LogP contribution in [0.5, 0.6) is 0 Å². The van der Waals surface area contributed by atoms with Crippen LogP contribution in [0.15, 0.2) is 30.5 Å². The van der Waals surface area contributed by atoms with Gasteiger partial charge < -0.3 is 5.32 Å². The van der Waals surface area contributed by atoms with Crippen LogP contribution >= 0.6 is 0 Å². The highest BCUT2D eigenvalue weighted by Gasteiger charge is 2.18. The van der Waals surface area contributed by atoms with E-state index in [1.54, 1.807) is 30.5 Å². The van der Waals surface area contributed by atoms with E-state index in [0.717, 1.165) is 6.26 Å². The number of rotatable bonds is 6. The summed E-state index contributed by atoms with van der Waals surface area (Å²) in [4.78, 5) is 14.8. The molecule has 0 amide bonds. The Morgan fingerprint density at radius 3 is 2.71 bits per heavy atom. The first-order valence-corrected chi connectivity index (χ1v) is 7.98. The summed E-state index contributed by atoms with van der Waals surface area (Å²) in [6, 6.07) is 6.49. The van der Waals surface area contributed by atoms with Gasteiger partial charge in [0, 0.05) is 19.3 Å². The Morgan fingerprint density at radius 2 is 2.05 bits per heavy atom. The predicted molar refractivity (Wildman–Crippen MR) is 79.7 cm³/mol. The van der Waals surface area contributed by atoms with Gasteiger partial charge in [-0.3, -0.25) is 15.1 Å². The van der Waals surface area contributed by atoms with Crippen LogP contribution in [0.2, 0.25) is 0 Å². The fourth-order valence-electron chi connectivity index (χ4n) is 1.91. The van der Waals surface area contributed by atoms with Crippen molar-refractivity contribution in [3.05, 3.63) is 40.6 Å². The summed E-state index contributed by atoms with van der Waals surface area (Å²) >= 11 is 0. The molecule has 1 aromatic carbocycles. The summed E-state index contributed by atoms with van der Waals surface area (Å²) in [6.45, 7) is 0.376. The fraction of sp³-hybridized carbons (Fsp3) is 0.250. The molecule has 0 radical (unpaired) electrons. The van der Waals surface area contributed by atoms with Crippen molar-refractivity contribution < 1.29 is 13.3 Å². The number of nitro groups is 1. The van der Waals surface area contributed by atoms with E-state index in [-0.39, 0.29) is 18.8 Å². The average molecular weight is 310 g/mol. The molecule has 0 unspecified atom stereocenters. The molecule has 0 aliphatic carbocycles. The second-order valence-electron chi connectivity index (χ2n) is 4.38. The molecular formula is C12H14N4O4S. The maximum atomic E-state index is 11.3. The van der Waals surface area contributed by atoms with Crippen molar-refractivity contribution in [1.82, 2.24) is 9.71 Å². The summed E-state index contributed by atoms with van der Waals surface area (Å²) < 4.78 is 24.2. The molecule has 2 N–H and O–H groups in total. The van der Waals surface area contributed by atoms with Crippen molar-refractivity contribution in [3.63, 3.8) is 0 Å². The second kappa shape index (κ2) is 6.02. The van der Waals surface area contributed by atoms with E-state index in [0.29, 0.717) is 16.6 Å². The van der Waals surface area contributed by atoms with Gasteiger partial charge >= 0.3 is 5.69 Å². The van der Waals surface area contributed by atoms with E-state index < -0.39 is 14.9 Å². The third kappa shape index (κ3) is 3.86. The Bertz CT molecular complexity index is 776. The zero-order valence-corrected chi connectivity index (χ0v) is 12.1. The molecule has 0 aliphatic heterocycles. The third-order valence-electron chi connectivity index (χ3n) is 2.74. The molecule has 1 heterocycles. The van der Waals surface area contributed by atoms with Crippen LogP contribution < -0.4 is 10.0 Å². The number of nitro benzene ring substituents is 1. The van der Waals surface area contributed by atoms with Crippen molar-refractivity contribution in [2.45, 2.75) is 0 Å². The summed E-state index contributed by atoms with van der Waals surface area (Å²) in [6.07, 6.45) is 2.62. The van der Waals surface area contributed by atoms with Crippen LogP contribution in [-0.4, -0.2) is 37.7 Å². The van der Waals surface area contributed by atoms with Crippen molar-refractivity contribution in [3.8, 4) is 0 Å². The smallest absolute Gasteiger partial charge is 0.301 e. The number of aromatic nitrogens is 1. The van der Waals surface area contributed by atoms with Gasteiger partial charge in [-0.15, -0.1) is 0 Å². The van der Waals surface area contributed by atoms with Crippen molar-refractivity contribution >= 4 is 32.3 Å². The molecular weight excluding hydrogens is 296 g/mol. The number of anilines is 1. The number of pyridine rings is 1. The van der Waals surface area contributed by atoms with Crippen molar-refractivity contribution in [2.24, 2.45) is 0 Å². The number of hydrogen-bond donors (Lipinski definition) is 2. The number of nitrogens with zero attached hydrogens (tertiary/aromatic N) is 2. The van der Waals surface area contributed by atoms with Gasteiger partial charge in [-0.05, 0) is 24.3 Å². The fourth-order valence-corrected chi connectivity index (χ4v) is 2.38. The normalized spacial score (nSPS) is 11.5. The lowest BCUT2D eigenvalue weighted by atomic mass is 10.1. The number of hydrogen-bond acceptors (Lipinski definition) is 6. The van der Waals surface area contributed by atoms with Gasteiger partial charge in [-0.25, -0.2) is 13.1 Å². The Hall–Kier alpha value is -2.26. The van der Waals surface area contributed by atoms with Gasteiger partial charge in [0.25, 0.3) is 0 Å². The lowest BCUT2D eigenvalue weighted by Crippen LogP contribution is -2.27. The minimum Gasteiger partial charge on any atom is -0.378 e. The topological polar surface area (TPSA) is 114 Å². The van der Waals surface area contributed by atoms with E-state index >= 15 is 0 Å². The molecule has 0 atom stereocenters. The number of nitrogens with one attached hydrogen (secondary N) is 2. The summed E-state index contributed by atoms with van der Waals surface area (Å²) in [7, 11) is -3.27. The monoisotopic (exact) mass is 310 g/mol. The van der Waals surface area contributed by atoms with Crippen LogP contribution in [0.1, 0.15) is 0 Å². The lowest BCUT2D eigenvalue weighted by Gasteiger charge is -2.09. The Balaban J connectivity index is 2.23. The van der Waals surface area contributed by atoms with E-state index in [1.165, 1.54) is 0 Å². The molecule has 21 heavy (non-hydrogen) atoms. The van der Waals surface area contributed by atoms with Crippen LogP contribution in [0, 0.1) is 10.1 Å². The average Bonchev–Trinajstić information content (AvgIpc) is 2.41. The molecule has 0 aliphatic rings. The Labute approximate surface area is 121 Å². The van der Waals surface area contributed by atoms with Gasteiger partial charge in [-0.2, -0.15) is 0 Å². The van der Waals surface area contributed by atoms with Gasteiger partial charge in [0.2, 0.25) is 10.0 Å². The quantitative estimate of drug-likeness (QED) is 0.469. The molecule has 2 aromatic rings. The van der Waals surface area contributed by atoms with Gasteiger partial charge in [0.15, 0.2) is 0 Å². The highest BCUT2D eigenvalue weighted by atomic mass is 32.2. The first-order chi connectivity index (χ1) is 9.88. The molecule has 1 aromatic heterocycles. The van der Waals surface area contributed by atoms with Crippen molar-refractivity contribution in [2.75, 3.05) is 24.7 Å². The molecule has 112 valence electrons. The molecule has 0 spiro atoms. The molecule has 9 heteroatoms.